The molecule has 152 valence electrons. The third kappa shape index (κ3) is 4.63. The van der Waals surface area contributed by atoms with E-state index in [2.05, 4.69) is 20.6 Å². The molecule has 4 rings (SSSR count). The Bertz CT molecular complexity index is 1100. The third-order valence-electron chi connectivity index (χ3n) is 4.87. The van der Waals surface area contributed by atoms with Gasteiger partial charge in [-0.25, -0.2) is 9.97 Å². The van der Waals surface area contributed by atoms with Crippen molar-refractivity contribution in [2.45, 2.75) is 26.4 Å². The van der Waals surface area contributed by atoms with Crippen LogP contribution in [-0.2, 0) is 19.5 Å². The van der Waals surface area contributed by atoms with Gasteiger partial charge in [0, 0.05) is 25.6 Å². The average molecular weight is 402 g/mol. The summed E-state index contributed by atoms with van der Waals surface area (Å²) >= 11 is 0. The van der Waals surface area contributed by atoms with Crippen LogP contribution in [0, 0.1) is 6.92 Å². The maximum atomic E-state index is 12.5. The smallest absolute Gasteiger partial charge is 0.270 e. The van der Waals surface area contributed by atoms with E-state index in [1.807, 2.05) is 49.4 Å². The number of carbonyl (C=O) groups excluding carboxylic acids is 2. The van der Waals surface area contributed by atoms with Crippen LogP contribution >= 0.6 is 0 Å². The molecule has 2 heterocycles. The van der Waals surface area contributed by atoms with Crippen molar-refractivity contribution in [2.24, 2.45) is 0 Å². The van der Waals surface area contributed by atoms with Gasteiger partial charge in [-0.15, -0.1) is 0 Å². The van der Waals surface area contributed by atoms with Crippen LogP contribution in [0.3, 0.4) is 0 Å². The van der Waals surface area contributed by atoms with E-state index in [0.29, 0.717) is 19.7 Å². The van der Waals surface area contributed by atoms with Crippen molar-refractivity contribution < 1.29 is 14.3 Å². The summed E-state index contributed by atoms with van der Waals surface area (Å²) in [4.78, 5) is 32.9. The number of benzene rings is 2. The predicted octanol–water partition coefficient (Wildman–Crippen LogP) is 2.58. The van der Waals surface area contributed by atoms with Gasteiger partial charge in [-0.2, -0.15) is 0 Å². The van der Waals surface area contributed by atoms with Gasteiger partial charge in [0.15, 0.2) is 0 Å². The molecule has 1 aromatic heterocycles. The fourth-order valence-electron chi connectivity index (χ4n) is 3.32. The fraction of sp³-hybridized carbons (Fsp3) is 0.217. The first-order chi connectivity index (χ1) is 14.6. The van der Waals surface area contributed by atoms with Crippen LogP contribution < -0.4 is 15.4 Å². The number of nitrogens with one attached hydrogen (secondary N) is 2. The number of carbonyl (C=O) groups is 2. The van der Waals surface area contributed by atoms with Gasteiger partial charge in [0.2, 0.25) is 0 Å². The zero-order valence-corrected chi connectivity index (χ0v) is 16.6. The summed E-state index contributed by atoms with van der Waals surface area (Å²) < 4.78 is 5.50. The van der Waals surface area contributed by atoms with Crippen molar-refractivity contribution in [3.63, 3.8) is 0 Å². The Morgan fingerprint density at radius 1 is 0.933 bits per heavy atom. The predicted molar refractivity (Wildman–Crippen MR) is 111 cm³/mol. The SMILES string of the molecule is Cc1cccc(CNC(=O)c2cc(C(=O)NCc3ccc4c(c3)CCO4)ncn2)c1. The van der Waals surface area contributed by atoms with E-state index in [1.54, 1.807) is 0 Å². The Hall–Kier alpha value is -3.74. The lowest BCUT2D eigenvalue weighted by atomic mass is 10.1. The van der Waals surface area contributed by atoms with Crippen LogP contribution in [0.15, 0.2) is 54.9 Å². The van der Waals surface area contributed by atoms with Gasteiger partial charge in [-0.05, 0) is 29.7 Å². The summed E-state index contributed by atoms with van der Waals surface area (Å²) in [6.07, 6.45) is 2.10. The van der Waals surface area contributed by atoms with Crippen LogP contribution in [0.5, 0.6) is 5.75 Å². The molecule has 0 aliphatic carbocycles. The molecule has 0 bridgehead atoms. The molecule has 0 atom stereocenters. The molecule has 7 heteroatoms. The van der Waals surface area contributed by atoms with Crippen LogP contribution in [0.4, 0.5) is 0 Å². The molecule has 0 saturated heterocycles. The lowest BCUT2D eigenvalue weighted by Crippen LogP contribution is -2.27. The zero-order chi connectivity index (χ0) is 20.9. The van der Waals surface area contributed by atoms with Gasteiger partial charge in [0.25, 0.3) is 11.8 Å². The zero-order valence-electron chi connectivity index (χ0n) is 16.6. The standard InChI is InChI=1S/C23H22N4O3/c1-15-3-2-4-16(9-15)12-24-22(28)19-11-20(27-14-26-19)23(29)25-13-17-5-6-21-18(10-17)7-8-30-21/h2-6,9-11,14H,7-8,12-13H2,1H3,(H,24,28)(H,25,29). The van der Waals surface area contributed by atoms with Gasteiger partial charge in [-0.1, -0.05) is 42.0 Å². The minimum Gasteiger partial charge on any atom is -0.493 e. The molecule has 0 fully saturated rings. The van der Waals surface area contributed by atoms with E-state index in [1.165, 1.54) is 12.4 Å². The number of hydrogen-bond acceptors (Lipinski definition) is 5. The first kappa shape index (κ1) is 19.6. The Kier molecular flexibility index (Phi) is 5.70. The van der Waals surface area contributed by atoms with E-state index in [-0.39, 0.29) is 23.2 Å². The number of fused-ring (bicyclic) bond motifs is 1. The molecular weight excluding hydrogens is 380 g/mol. The monoisotopic (exact) mass is 402 g/mol. The molecule has 0 spiro atoms. The van der Waals surface area contributed by atoms with Crippen LogP contribution in [0.1, 0.15) is 43.2 Å². The van der Waals surface area contributed by atoms with E-state index in [0.717, 1.165) is 34.4 Å². The van der Waals surface area contributed by atoms with Crippen LogP contribution in [0.2, 0.25) is 0 Å². The number of aryl methyl sites for hydroxylation is 1. The second kappa shape index (κ2) is 8.73. The molecule has 0 radical (unpaired) electrons. The first-order valence-corrected chi connectivity index (χ1v) is 9.77. The van der Waals surface area contributed by atoms with Crippen molar-refractivity contribution >= 4 is 11.8 Å². The molecule has 0 saturated carbocycles. The molecule has 3 aromatic rings. The largest absolute Gasteiger partial charge is 0.493 e. The molecule has 1 aliphatic rings. The normalized spacial score (nSPS) is 12.0. The lowest BCUT2D eigenvalue weighted by molar-refractivity contribution is 0.0944. The second-order valence-electron chi connectivity index (χ2n) is 7.18. The highest BCUT2D eigenvalue weighted by Gasteiger charge is 2.15. The van der Waals surface area contributed by atoms with Crippen molar-refractivity contribution in [3.05, 3.63) is 88.5 Å². The van der Waals surface area contributed by atoms with Crippen LogP contribution in [-0.4, -0.2) is 28.4 Å². The highest BCUT2D eigenvalue weighted by Crippen LogP contribution is 2.25. The van der Waals surface area contributed by atoms with Gasteiger partial charge >= 0.3 is 0 Å². The van der Waals surface area contributed by atoms with E-state index in [4.69, 9.17) is 4.74 Å². The van der Waals surface area contributed by atoms with Gasteiger partial charge in [0.05, 0.1) is 6.61 Å². The Labute approximate surface area is 174 Å². The van der Waals surface area contributed by atoms with Crippen molar-refractivity contribution in [3.8, 4) is 5.75 Å². The summed E-state index contributed by atoms with van der Waals surface area (Å²) in [6, 6.07) is 15.2. The number of aromatic nitrogens is 2. The number of ether oxygens (including phenoxy) is 1. The Balaban J connectivity index is 1.36. The molecule has 0 unspecified atom stereocenters. The van der Waals surface area contributed by atoms with Crippen molar-refractivity contribution in [1.82, 2.24) is 20.6 Å². The second-order valence-corrected chi connectivity index (χ2v) is 7.18. The molecule has 7 nitrogen and oxygen atoms in total. The number of hydrogen-bond donors (Lipinski definition) is 2. The first-order valence-electron chi connectivity index (χ1n) is 9.77. The van der Waals surface area contributed by atoms with E-state index in [9.17, 15) is 9.59 Å². The Morgan fingerprint density at radius 3 is 2.33 bits per heavy atom. The molecule has 1 aliphatic heterocycles. The summed E-state index contributed by atoms with van der Waals surface area (Å²) in [6.45, 7) is 3.44. The highest BCUT2D eigenvalue weighted by molar-refractivity contribution is 5.97. The topological polar surface area (TPSA) is 93.2 Å². The third-order valence-corrected chi connectivity index (χ3v) is 4.87. The van der Waals surface area contributed by atoms with E-state index < -0.39 is 0 Å². The van der Waals surface area contributed by atoms with Crippen molar-refractivity contribution in [1.29, 1.82) is 0 Å². The minimum atomic E-state index is -0.359. The summed E-state index contributed by atoms with van der Waals surface area (Å²) in [5, 5.41) is 5.65. The molecule has 2 aromatic carbocycles. The van der Waals surface area contributed by atoms with Crippen molar-refractivity contribution in [2.75, 3.05) is 6.61 Å². The highest BCUT2D eigenvalue weighted by atomic mass is 16.5. The van der Waals surface area contributed by atoms with Gasteiger partial charge in [-0.3, -0.25) is 9.59 Å². The Morgan fingerprint density at radius 2 is 1.63 bits per heavy atom. The number of rotatable bonds is 6. The fourth-order valence-corrected chi connectivity index (χ4v) is 3.32. The molecule has 2 N–H and O–H groups in total. The average Bonchev–Trinajstić information content (AvgIpc) is 3.24. The number of amides is 2. The molecule has 2 amide bonds. The maximum absolute atomic E-state index is 12.5. The number of nitrogens with zero attached hydrogens (tertiary/aromatic N) is 2. The summed E-state index contributed by atoms with van der Waals surface area (Å²) in [7, 11) is 0. The lowest BCUT2D eigenvalue weighted by Gasteiger charge is -2.08. The van der Waals surface area contributed by atoms with Gasteiger partial charge < -0.3 is 15.4 Å². The quantitative estimate of drug-likeness (QED) is 0.661. The minimum absolute atomic E-state index is 0.148. The van der Waals surface area contributed by atoms with Crippen LogP contribution in [0.25, 0.3) is 0 Å². The summed E-state index contributed by atoms with van der Waals surface area (Å²) in [5.74, 6) is 0.190. The molecule has 30 heavy (non-hydrogen) atoms. The molecular formula is C23H22N4O3. The summed E-state index contributed by atoms with van der Waals surface area (Å²) in [5.41, 5.74) is 4.55. The van der Waals surface area contributed by atoms with Gasteiger partial charge in [0.1, 0.15) is 23.5 Å². The van der Waals surface area contributed by atoms with E-state index >= 15 is 0 Å². The maximum Gasteiger partial charge on any atom is 0.270 e.